The maximum atomic E-state index is 12.3. The number of anilines is 1. The molecule has 27 heavy (non-hydrogen) atoms. The van der Waals surface area contributed by atoms with Crippen molar-refractivity contribution in [1.82, 2.24) is 20.2 Å². The normalized spacial score (nSPS) is 22.8. The van der Waals surface area contributed by atoms with Gasteiger partial charge in [0.05, 0.1) is 0 Å². The predicted molar refractivity (Wildman–Crippen MR) is 107 cm³/mol. The summed E-state index contributed by atoms with van der Waals surface area (Å²) < 4.78 is 0. The molecule has 1 aromatic rings. The first-order chi connectivity index (χ1) is 13.1. The van der Waals surface area contributed by atoms with Crippen molar-refractivity contribution in [2.75, 3.05) is 31.1 Å². The lowest BCUT2D eigenvalue weighted by Gasteiger charge is -2.42. The van der Waals surface area contributed by atoms with Crippen LogP contribution in [-0.4, -0.2) is 59.0 Å². The number of piperidine rings is 2. The predicted octanol–water partition coefficient (Wildman–Crippen LogP) is 2.31. The fraction of sp³-hybridized carbons (Fsp3) is 0.762. The van der Waals surface area contributed by atoms with Crippen LogP contribution in [0.1, 0.15) is 56.8 Å². The Morgan fingerprint density at radius 1 is 1.11 bits per heavy atom. The van der Waals surface area contributed by atoms with Gasteiger partial charge in [0.25, 0.3) is 0 Å². The van der Waals surface area contributed by atoms with Crippen molar-refractivity contribution >= 4 is 11.7 Å². The zero-order valence-corrected chi connectivity index (χ0v) is 16.8. The van der Waals surface area contributed by atoms with Gasteiger partial charge in [0.1, 0.15) is 11.6 Å². The highest BCUT2D eigenvalue weighted by Crippen LogP contribution is 2.28. The van der Waals surface area contributed by atoms with Crippen LogP contribution in [0.15, 0.2) is 6.20 Å². The molecule has 0 bridgehead atoms. The van der Waals surface area contributed by atoms with E-state index in [-0.39, 0.29) is 5.92 Å². The van der Waals surface area contributed by atoms with E-state index in [0.717, 1.165) is 57.1 Å². The summed E-state index contributed by atoms with van der Waals surface area (Å²) in [6.45, 7) is 8.42. The molecule has 2 aliphatic heterocycles. The van der Waals surface area contributed by atoms with Crippen molar-refractivity contribution in [1.29, 1.82) is 0 Å². The van der Waals surface area contributed by atoms with Gasteiger partial charge in [-0.05, 0) is 65.0 Å². The van der Waals surface area contributed by atoms with Gasteiger partial charge in [0.15, 0.2) is 0 Å². The van der Waals surface area contributed by atoms with Crippen LogP contribution in [0, 0.1) is 12.8 Å². The molecule has 0 atom stereocenters. The lowest BCUT2D eigenvalue weighted by molar-refractivity contribution is -0.126. The van der Waals surface area contributed by atoms with Gasteiger partial charge in [0.2, 0.25) is 5.91 Å². The Morgan fingerprint density at radius 2 is 1.81 bits per heavy atom. The Balaban J connectivity index is 1.27. The minimum absolute atomic E-state index is 0.234. The number of hydrogen-bond acceptors (Lipinski definition) is 5. The van der Waals surface area contributed by atoms with Crippen LogP contribution in [0.2, 0.25) is 0 Å². The Hall–Kier alpha value is -1.69. The quantitative estimate of drug-likeness (QED) is 0.861. The lowest BCUT2D eigenvalue weighted by atomic mass is 9.92. The summed E-state index contributed by atoms with van der Waals surface area (Å²) in [6.07, 6.45) is 9.72. The molecular weight excluding hydrogens is 338 g/mol. The number of amides is 1. The van der Waals surface area contributed by atoms with E-state index in [1.165, 1.54) is 31.2 Å². The fourth-order valence-electron chi connectivity index (χ4n) is 4.52. The number of nitrogens with zero attached hydrogens (tertiary/aromatic N) is 4. The van der Waals surface area contributed by atoms with Crippen molar-refractivity contribution in [2.24, 2.45) is 5.92 Å². The molecule has 0 spiro atoms. The number of carbonyl (C=O) groups is 1. The summed E-state index contributed by atoms with van der Waals surface area (Å²) in [6, 6.07) is 1.14. The molecule has 4 rings (SSSR count). The molecule has 1 amide bonds. The summed E-state index contributed by atoms with van der Waals surface area (Å²) in [5.41, 5.74) is 1.25. The molecule has 0 radical (unpaired) electrons. The molecule has 1 N–H and O–H groups in total. The number of aryl methyl sites for hydroxylation is 2. The van der Waals surface area contributed by atoms with Gasteiger partial charge in [-0.25, -0.2) is 9.97 Å². The average Bonchev–Trinajstić information content (AvgIpc) is 3.52. The molecule has 0 unspecified atom stereocenters. The fourth-order valence-corrected chi connectivity index (χ4v) is 4.52. The Bertz CT molecular complexity index is 659. The SMILES string of the molecule is CCc1cnc(C)nc1N1CCC(N2CCC(C(=O)NC3CC3)CC2)CC1. The number of nitrogens with one attached hydrogen (secondary N) is 1. The van der Waals surface area contributed by atoms with Crippen molar-refractivity contribution in [2.45, 2.75) is 70.9 Å². The van der Waals surface area contributed by atoms with Gasteiger partial charge < -0.3 is 15.1 Å². The molecule has 6 nitrogen and oxygen atoms in total. The summed E-state index contributed by atoms with van der Waals surface area (Å²) in [4.78, 5) is 26.4. The van der Waals surface area contributed by atoms with Crippen LogP contribution in [0.5, 0.6) is 0 Å². The monoisotopic (exact) mass is 371 g/mol. The highest BCUT2D eigenvalue weighted by Gasteiger charge is 2.33. The minimum Gasteiger partial charge on any atom is -0.356 e. The molecule has 2 saturated heterocycles. The molecule has 1 saturated carbocycles. The van der Waals surface area contributed by atoms with Gasteiger partial charge in [-0.3, -0.25) is 4.79 Å². The summed E-state index contributed by atoms with van der Waals surface area (Å²) in [5.74, 6) is 2.53. The van der Waals surface area contributed by atoms with Gasteiger partial charge >= 0.3 is 0 Å². The maximum Gasteiger partial charge on any atom is 0.223 e. The molecule has 1 aliphatic carbocycles. The summed E-state index contributed by atoms with van der Waals surface area (Å²) >= 11 is 0. The first-order valence-electron chi connectivity index (χ1n) is 10.8. The van der Waals surface area contributed by atoms with Gasteiger partial charge in [-0.2, -0.15) is 0 Å². The van der Waals surface area contributed by atoms with E-state index in [1.807, 2.05) is 13.1 Å². The van der Waals surface area contributed by atoms with Gasteiger partial charge in [-0.1, -0.05) is 6.92 Å². The average molecular weight is 372 g/mol. The molecule has 0 aromatic carbocycles. The molecule has 3 heterocycles. The number of rotatable bonds is 5. The van der Waals surface area contributed by atoms with Crippen LogP contribution in [0.25, 0.3) is 0 Å². The standard InChI is InChI=1S/C21H33N5O/c1-3-16-14-22-15(2)23-20(16)26-12-8-19(9-13-26)25-10-6-17(7-11-25)21(27)24-18-4-5-18/h14,17-19H,3-13H2,1-2H3,(H,24,27). The third-order valence-corrected chi connectivity index (χ3v) is 6.45. The lowest BCUT2D eigenvalue weighted by Crippen LogP contribution is -2.49. The number of carbonyl (C=O) groups excluding carboxylic acids is 1. The second-order valence-corrected chi connectivity index (χ2v) is 8.43. The van der Waals surface area contributed by atoms with Crippen molar-refractivity contribution in [3.63, 3.8) is 0 Å². The topological polar surface area (TPSA) is 61.4 Å². The van der Waals surface area contributed by atoms with Crippen molar-refractivity contribution in [3.8, 4) is 0 Å². The first kappa shape index (κ1) is 18.7. The summed E-state index contributed by atoms with van der Waals surface area (Å²) in [5, 5.41) is 3.18. The maximum absolute atomic E-state index is 12.3. The van der Waals surface area contributed by atoms with Crippen molar-refractivity contribution in [3.05, 3.63) is 17.6 Å². The van der Waals surface area contributed by atoms with E-state index in [1.54, 1.807) is 0 Å². The molecule has 148 valence electrons. The van der Waals surface area contributed by atoms with Crippen LogP contribution in [-0.2, 0) is 11.2 Å². The first-order valence-corrected chi connectivity index (χ1v) is 10.8. The smallest absolute Gasteiger partial charge is 0.223 e. The molecular formula is C21H33N5O. The van der Waals surface area contributed by atoms with E-state index in [4.69, 9.17) is 4.98 Å². The Kier molecular flexibility index (Phi) is 5.62. The Morgan fingerprint density at radius 3 is 2.44 bits per heavy atom. The van der Waals surface area contributed by atoms with Crippen LogP contribution < -0.4 is 10.2 Å². The molecule has 1 aromatic heterocycles. The van der Waals surface area contributed by atoms with E-state index in [9.17, 15) is 4.79 Å². The zero-order valence-electron chi connectivity index (χ0n) is 16.8. The van der Waals surface area contributed by atoms with E-state index < -0.39 is 0 Å². The second kappa shape index (κ2) is 8.13. The van der Waals surface area contributed by atoms with Gasteiger partial charge in [0, 0.05) is 42.9 Å². The van der Waals surface area contributed by atoms with Crippen LogP contribution in [0.3, 0.4) is 0 Å². The largest absolute Gasteiger partial charge is 0.356 e. The number of likely N-dealkylation sites (tertiary alicyclic amines) is 1. The third-order valence-electron chi connectivity index (χ3n) is 6.45. The van der Waals surface area contributed by atoms with Crippen LogP contribution >= 0.6 is 0 Å². The van der Waals surface area contributed by atoms with Crippen molar-refractivity contribution < 1.29 is 4.79 Å². The highest BCUT2D eigenvalue weighted by molar-refractivity contribution is 5.79. The molecule has 3 fully saturated rings. The van der Waals surface area contributed by atoms with Crippen LogP contribution in [0.4, 0.5) is 5.82 Å². The third kappa shape index (κ3) is 4.42. The van der Waals surface area contributed by atoms with E-state index >= 15 is 0 Å². The zero-order chi connectivity index (χ0) is 18.8. The number of hydrogen-bond donors (Lipinski definition) is 1. The summed E-state index contributed by atoms with van der Waals surface area (Å²) in [7, 11) is 0. The number of aromatic nitrogens is 2. The molecule has 3 aliphatic rings. The second-order valence-electron chi connectivity index (χ2n) is 8.43. The molecule has 6 heteroatoms. The van der Waals surface area contributed by atoms with E-state index in [2.05, 4.69) is 27.0 Å². The highest BCUT2D eigenvalue weighted by atomic mass is 16.2. The van der Waals surface area contributed by atoms with Gasteiger partial charge in [-0.15, -0.1) is 0 Å². The Labute approximate surface area is 162 Å². The minimum atomic E-state index is 0.234. The van der Waals surface area contributed by atoms with E-state index in [0.29, 0.717) is 18.0 Å².